The Bertz CT molecular complexity index is 497. The number of rotatable bonds is 5. The van der Waals surface area contributed by atoms with Gasteiger partial charge < -0.3 is 10.1 Å². The van der Waals surface area contributed by atoms with Gasteiger partial charge in [0.1, 0.15) is 5.75 Å². The summed E-state index contributed by atoms with van der Waals surface area (Å²) in [6.07, 6.45) is 1.61. The van der Waals surface area contributed by atoms with Gasteiger partial charge in [0.05, 0.1) is 0 Å². The lowest BCUT2D eigenvalue weighted by Gasteiger charge is -2.08. The molecule has 2 nitrogen and oxygen atoms in total. The molecule has 5 heteroatoms. The second-order valence-corrected chi connectivity index (χ2v) is 4.76. The first-order valence-electron chi connectivity index (χ1n) is 6.89. The van der Waals surface area contributed by atoms with Crippen LogP contribution in [0.1, 0.15) is 25.8 Å². The zero-order valence-electron chi connectivity index (χ0n) is 13.1. The maximum Gasteiger partial charge on any atom is 0.573 e. The number of halogens is 3. The molecule has 1 unspecified atom stereocenters. The third kappa shape index (κ3) is 9.80. The Labute approximate surface area is 129 Å². The zero-order valence-corrected chi connectivity index (χ0v) is 13.1. The highest BCUT2D eigenvalue weighted by Gasteiger charge is 2.30. The molecule has 0 saturated carbocycles. The van der Waals surface area contributed by atoms with Crippen molar-refractivity contribution >= 4 is 6.21 Å². The van der Waals surface area contributed by atoms with Gasteiger partial charge in [-0.3, -0.25) is 0 Å². The Morgan fingerprint density at radius 2 is 2.05 bits per heavy atom. The topological polar surface area (TPSA) is 33.1 Å². The first-order chi connectivity index (χ1) is 10.2. The number of aryl methyl sites for hydroxylation is 1. The van der Waals surface area contributed by atoms with E-state index in [1.807, 2.05) is 0 Å². The maximum absolute atomic E-state index is 11.7. The second-order valence-electron chi connectivity index (χ2n) is 4.76. The normalized spacial score (nSPS) is 12.7. The maximum atomic E-state index is 11.7. The number of ether oxygens (including phenoxy) is 1. The van der Waals surface area contributed by atoms with E-state index < -0.39 is 6.36 Å². The molecule has 0 fully saturated rings. The minimum absolute atomic E-state index is 0.178. The first kappa shape index (κ1) is 20.0. The van der Waals surface area contributed by atoms with Gasteiger partial charge in [0.2, 0.25) is 0 Å². The van der Waals surface area contributed by atoms with Crippen molar-refractivity contribution in [2.75, 3.05) is 0 Å². The van der Waals surface area contributed by atoms with Crippen LogP contribution in [-0.2, 0) is 0 Å². The molecule has 0 spiro atoms. The van der Waals surface area contributed by atoms with Crippen LogP contribution in [0.15, 0.2) is 48.6 Å². The van der Waals surface area contributed by atoms with Crippen molar-refractivity contribution in [3.05, 3.63) is 54.1 Å². The van der Waals surface area contributed by atoms with Crippen molar-refractivity contribution in [2.45, 2.75) is 33.6 Å². The Morgan fingerprint density at radius 1 is 1.41 bits per heavy atom. The molecule has 0 bridgehead atoms. The molecule has 1 atom stereocenters. The minimum Gasteiger partial charge on any atom is -0.406 e. The average Bonchev–Trinajstić information content (AvgIpc) is 2.43. The van der Waals surface area contributed by atoms with E-state index in [2.05, 4.69) is 31.2 Å². The fourth-order valence-electron chi connectivity index (χ4n) is 1.43. The van der Waals surface area contributed by atoms with Gasteiger partial charge in [0.25, 0.3) is 0 Å². The summed E-state index contributed by atoms with van der Waals surface area (Å²) >= 11 is 0. The largest absolute Gasteiger partial charge is 0.573 e. The molecule has 0 saturated heterocycles. The number of benzene rings is 1. The highest BCUT2D eigenvalue weighted by atomic mass is 19.4. The Hall–Kier alpha value is -2.04. The van der Waals surface area contributed by atoms with E-state index in [4.69, 9.17) is 5.41 Å². The third-order valence-electron chi connectivity index (χ3n) is 2.75. The average molecular weight is 313 g/mol. The lowest BCUT2D eigenvalue weighted by atomic mass is 10.1. The number of hydrogen-bond donors (Lipinski definition) is 1. The Morgan fingerprint density at radius 3 is 2.45 bits per heavy atom. The van der Waals surface area contributed by atoms with Gasteiger partial charge in [-0.15, -0.1) is 13.2 Å². The summed E-state index contributed by atoms with van der Waals surface area (Å²) in [5.41, 5.74) is 1.64. The van der Waals surface area contributed by atoms with Crippen LogP contribution in [0, 0.1) is 18.3 Å². The highest BCUT2D eigenvalue weighted by molar-refractivity contribution is 5.79. The fourth-order valence-corrected chi connectivity index (χ4v) is 1.43. The van der Waals surface area contributed by atoms with E-state index in [1.54, 1.807) is 19.1 Å². The first-order valence-corrected chi connectivity index (χ1v) is 6.89. The van der Waals surface area contributed by atoms with Crippen LogP contribution >= 0.6 is 0 Å². The van der Waals surface area contributed by atoms with Crippen LogP contribution in [0.2, 0.25) is 0 Å². The molecular weight excluding hydrogens is 291 g/mol. The van der Waals surface area contributed by atoms with E-state index in [9.17, 15) is 13.2 Å². The van der Waals surface area contributed by atoms with Crippen LogP contribution in [0.25, 0.3) is 0 Å². The van der Waals surface area contributed by atoms with Crippen LogP contribution in [0.3, 0.4) is 0 Å². The van der Waals surface area contributed by atoms with Gasteiger partial charge in [0, 0.05) is 6.21 Å². The summed E-state index contributed by atoms with van der Waals surface area (Å²) < 4.78 is 38.6. The predicted molar refractivity (Wildman–Crippen MR) is 84.4 cm³/mol. The lowest BCUT2D eigenvalue weighted by Crippen LogP contribution is -2.17. The summed E-state index contributed by atoms with van der Waals surface area (Å²) in [5.74, 6) is 0.372. The molecule has 1 rings (SSSR count). The van der Waals surface area contributed by atoms with E-state index in [0.29, 0.717) is 5.92 Å². The van der Waals surface area contributed by atoms with E-state index in [0.717, 1.165) is 17.6 Å². The van der Waals surface area contributed by atoms with E-state index in [1.165, 1.54) is 24.4 Å². The van der Waals surface area contributed by atoms with Crippen LogP contribution in [0.4, 0.5) is 13.2 Å². The molecular formula is C17H22F3NO. The number of allylic oxidation sites excluding steroid dienone is 3. The fraction of sp³-hybridized carbons (Fsp3) is 0.353. The zero-order chi connectivity index (χ0) is 17.2. The summed E-state index contributed by atoms with van der Waals surface area (Å²) in [7, 11) is 0. The molecule has 1 N–H and O–H groups in total. The van der Waals surface area contributed by atoms with Crippen molar-refractivity contribution in [3.63, 3.8) is 0 Å². The highest BCUT2D eigenvalue weighted by Crippen LogP contribution is 2.22. The number of nitrogens with one attached hydrogen (secondary N) is 1. The van der Waals surface area contributed by atoms with Crippen molar-refractivity contribution < 1.29 is 17.9 Å². The Balaban J connectivity index is 0.000000409. The molecule has 1 aromatic carbocycles. The summed E-state index contributed by atoms with van der Waals surface area (Å²) in [4.78, 5) is 0. The second kappa shape index (κ2) is 9.82. The monoisotopic (exact) mass is 313 g/mol. The molecule has 0 amide bonds. The van der Waals surface area contributed by atoms with Gasteiger partial charge in [0.15, 0.2) is 0 Å². The van der Waals surface area contributed by atoms with Gasteiger partial charge >= 0.3 is 6.36 Å². The number of hydrogen-bond acceptors (Lipinski definition) is 2. The van der Waals surface area contributed by atoms with Crippen molar-refractivity contribution in [1.82, 2.24) is 0 Å². The van der Waals surface area contributed by atoms with Crippen molar-refractivity contribution in [3.8, 4) is 5.75 Å². The van der Waals surface area contributed by atoms with Crippen LogP contribution in [0.5, 0.6) is 5.75 Å². The van der Waals surface area contributed by atoms with Crippen molar-refractivity contribution in [1.29, 1.82) is 5.41 Å². The summed E-state index contributed by atoms with van der Waals surface area (Å²) in [6.45, 7) is 9.56. The molecule has 0 radical (unpaired) electrons. The molecule has 0 heterocycles. The van der Waals surface area contributed by atoms with E-state index in [-0.39, 0.29) is 5.75 Å². The van der Waals surface area contributed by atoms with Crippen LogP contribution < -0.4 is 4.74 Å². The molecule has 0 aliphatic carbocycles. The van der Waals surface area contributed by atoms with Crippen molar-refractivity contribution in [2.24, 2.45) is 5.92 Å². The standard InChI is InChI=1S/C9H15N.C8H7F3O/c1-4-8(3)6-9(5-2)7-10;1-6-3-2-4-7(5-6)12-8(9,10)11/h5-8,10H,2,4H2,1,3H3;2-5H,1H3/b9-6+,10-7?;. The molecule has 0 aliphatic heterocycles. The molecule has 122 valence electrons. The van der Waals surface area contributed by atoms with E-state index >= 15 is 0 Å². The molecule has 22 heavy (non-hydrogen) atoms. The quantitative estimate of drug-likeness (QED) is 0.550. The number of alkyl halides is 3. The predicted octanol–water partition coefficient (Wildman–Crippen LogP) is 5.69. The van der Waals surface area contributed by atoms with Crippen LogP contribution in [-0.4, -0.2) is 12.6 Å². The Kier molecular flexibility index (Phi) is 8.91. The SMILES string of the molecule is C=C/C(C=N)=C\C(C)CC.Cc1cccc(OC(F)(F)F)c1. The lowest BCUT2D eigenvalue weighted by molar-refractivity contribution is -0.274. The third-order valence-corrected chi connectivity index (χ3v) is 2.75. The van der Waals surface area contributed by atoms with Gasteiger partial charge in [-0.1, -0.05) is 51.1 Å². The summed E-state index contributed by atoms with van der Waals surface area (Å²) in [5, 5.41) is 6.96. The molecule has 1 aromatic rings. The van der Waals surface area contributed by atoms with Gasteiger partial charge in [-0.2, -0.15) is 0 Å². The minimum atomic E-state index is -4.60. The molecule has 0 aliphatic rings. The summed E-state index contributed by atoms with van der Waals surface area (Å²) in [6, 6.07) is 5.80. The smallest absolute Gasteiger partial charge is 0.406 e. The van der Waals surface area contributed by atoms with Gasteiger partial charge in [-0.05, 0) is 36.1 Å². The molecule has 0 aromatic heterocycles. The van der Waals surface area contributed by atoms with Gasteiger partial charge in [-0.25, -0.2) is 0 Å².